The van der Waals surface area contributed by atoms with Crippen molar-refractivity contribution < 1.29 is 0 Å². The maximum absolute atomic E-state index is 4.70. The molecule has 0 aliphatic carbocycles. The van der Waals surface area contributed by atoms with E-state index in [1.165, 1.54) is 76.3 Å². The fraction of sp³-hybridized carbons (Fsp3) is 0. The predicted octanol–water partition coefficient (Wildman–Crippen LogP) is 13.0. The van der Waals surface area contributed by atoms with Gasteiger partial charge < -0.3 is 9.13 Å². The Hall–Kier alpha value is -7.30. The number of pyridine rings is 2. The van der Waals surface area contributed by atoms with Crippen LogP contribution in [0.25, 0.3) is 109 Å². The maximum atomic E-state index is 4.70. The van der Waals surface area contributed by atoms with Gasteiger partial charge >= 0.3 is 0 Å². The smallest absolute Gasteiger partial charge is 0.0780 e. The topological polar surface area (TPSA) is 35.6 Å². The van der Waals surface area contributed by atoms with Crippen LogP contribution in [0.3, 0.4) is 0 Å². The van der Waals surface area contributed by atoms with Crippen molar-refractivity contribution >= 4 is 87.0 Å². The van der Waals surface area contributed by atoms with Crippen molar-refractivity contribution in [1.29, 1.82) is 0 Å². The van der Waals surface area contributed by atoms with Gasteiger partial charge in [0.15, 0.2) is 0 Å². The van der Waals surface area contributed by atoms with Crippen LogP contribution in [0.2, 0.25) is 0 Å². The van der Waals surface area contributed by atoms with Gasteiger partial charge in [-0.15, -0.1) is 0 Å². The molecule has 4 heterocycles. The molecule has 0 saturated heterocycles. The second-order valence-electron chi connectivity index (χ2n) is 14.3. The molecule has 12 rings (SSSR count). The number of para-hydroxylation sites is 2. The summed E-state index contributed by atoms with van der Waals surface area (Å²) in [4.78, 5) is 9.40. The summed E-state index contributed by atoms with van der Waals surface area (Å²) in [7, 11) is 0. The van der Waals surface area contributed by atoms with E-state index < -0.39 is 0 Å². The van der Waals surface area contributed by atoms with Crippen molar-refractivity contribution in [3.05, 3.63) is 182 Å². The lowest BCUT2D eigenvalue weighted by Crippen LogP contribution is -1.94. The highest BCUT2D eigenvalue weighted by Crippen LogP contribution is 2.39. The quantitative estimate of drug-likeness (QED) is 0.173. The molecule has 0 aliphatic rings. The Morgan fingerprint density at radius 3 is 1.24 bits per heavy atom. The third-order valence-corrected chi connectivity index (χ3v) is 11.3. The molecule has 0 radical (unpaired) electrons. The van der Waals surface area contributed by atoms with E-state index in [1.54, 1.807) is 0 Å². The molecule has 4 heteroatoms. The Labute approximate surface area is 309 Å². The minimum atomic E-state index is 1.04. The third kappa shape index (κ3) is 4.19. The van der Waals surface area contributed by atoms with Crippen LogP contribution in [-0.4, -0.2) is 19.1 Å². The molecule has 4 aromatic heterocycles. The molecule has 0 aliphatic heterocycles. The first-order chi connectivity index (χ1) is 26.8. The second kappa shape index (κ2) is 11.1. The average Bonchev–Trinajstić information content (AvgIpc) is 3.75. The largest absolute Gasteiger partial charge is 0.309 e. The lowest BCUT2D eigenvalue weighted by Gasteiger charge is -2.11. The second-order valence-corrected chi connectivity index (χ2v) is 14.3. The van der Waals surface area contributed by atoms with Crippen LogP contribution in [0.4, 0.5) is 0 Å². The van der Waals surface area contributed by atoms with Gasteiger partial charge in [-0.3, -0.25) is 9.97 Å². The van der Waals surface area contributed by atoms with E-state index in [4.69, 9.17) is 9.97 Å². The molecule has 0 saturated carbocycles. The summed E-state index contributed by atoms with van der Waals surface area (Å²) < 4.78 is 4.80. The number of benzene rings is 8. The zero-order valence-corrected chi connectivity index (χ0v) is 29.1. The highest BCUT2D eigenvalue weighted by Gasteiger charge is 2.17. The molecular weight excluding hydrogens is 657 g/mol. The van der Waals surface area contributed by atoms with Gasteiger partial charge in [0.2, 0.25) is 0 Å². The van der Waals surface area contributed by atoms with Crippen LogP contribution in [0.5, 0.6) is 0 Å². The average molecular weight is 687 g/mol. The molecule has 0 bridgehead atoms. The molecule has 54 heavy (non-hydrogen) atoms. The van der Waals surface area contributed by atoms with Gasteiger partial charge in [0, 0.05) is 66.9 Å². The SMILES string of the molecule is c1cnc2c(c1)ccc1cc(-n3c4ccccc4c4cc(-c5ccc6c(c5)c5ccccc5n6-c5ccc6c(ccc7cccnc76)c5)ccc43)ccc12. The molecule has 0 fully saturated rings. The van der Waals surface area contributed by atoms with Gasteiger partial charge in [-0.1, -0.05) is 97.1 Å². The van der Waals surface area contributed by atoms with E-state index in [0.29, 0.717) is 0 Å². The van der Waals surface area contributed by atoms with Crippen LogP contribution in [0.15, 0.2) is 182 Å². The minimum Gasteiger partial charge on any atom is -0.309 e. The van der Waals surface area contributed by atoms with Gasteiger partial charge in [-0.05, 0) is 94.7 Å². The number of rotatable bonds is 3. The lowest BCUT2D eigenvalue weighted by atomic mass is 10.0. The molecule has 8 aromatic carbocycles. The number of hydrogen-bond donors (Lipinski definition) is 0. The van der Waals surface area contributed by atoms with Gasteiger partial charge in [0.05, 0.1) is 33.1 Å². The molecule has 0 N–H and O–H groups in total. The first kappa shape index (κ1) is 29.3. The van der Waals surface area contributed by atoms with E-state index in [-0.39, 0.29) is 0 Å². The predicted molar refractivity (Wildman–Crippen MR) is 226 cm³/mol. The van der Waals surface area contributed by atoms with Crippen molar-refractivity contribution in [3.8, 4) is 22.5 Å². The summed E-state index contributed by atoms with van der Waals surface area (Å²) in [5.74, 6) is 0. The van der Waals surface area contributed by atoms with Crippen molar-refractivity contribution in [3.63, 3.8) is 0 Å². The van der Waals surface area contributed by atoms with Crippen LogP contribution in [-0.2, 0) is 0 Å². The molecular formula is C50H30N4. The Morgan fingerprint density at radius 1 is 0.296 bits per heavy atom. The van der Waals surface area contributed by atoms with Crippen molar-refractivity contribution in [1.82, 2.24) is 19.1 Å². The molecule has 0 unspecified atom stereocenters. The van der Waals surface area contributed by atoms with Crippen molar-refractivity contribution in [2.45, 2.75) is 0 Å². The zero-order chi connectivity index (χ0) is 35.3. The maximum Gasteiger partial charge on any atom is 0.0780 e. The Bertz CT molecular complexity index is 3280. The summed E-state index contributed by atoms with van der Waals surface area (Å²) in [5.41, 5.74) is 11.5. The molecule has 4 nitrogen and oxygen atoms in total. The lowest BCUT2D eigenvalue weighted by molar-refractivity contribution is 1.18. The molecule has 0 spiro atoms. The van der Waals surface area contributed by atoms with E-state index in [0.717, 1.165) is 33.2 Å². The Balaban J connectivity index is 1.01. The Kier molecular flexibility index (Phi) is 6.02. The van der Waals surface area contributed by atoms with Crippen LogP contribution in [0, 0.1) is 0 Å². The van der Waals surface area contributed by atoms with E-state index >= 15 is 0 Å². The van der Waals surface area contributed by atoms with E-state index in [9.17, 15) is 0 Å². The van der Waals surface area contributed by atoms with Gasteiger partial charge in [-0.2, -0.15) is 0 Å². The summed E-state index contributed by atoms with van der Waals surface area (Å²) in [6.07, 6.45) is 3.75. The number of nitrogens with zero attached hydrogens (tertiary/aromatic N) is 4. The summed E-state index contributed by atoms with van der Waals surface area (Å²) in [5, 5.41) is 12.0. The van der Waals surface area contributed by atoms with Gasteiger partial charge in [0.1, 0.15) is 0 Å². The van der Waals surface area contributed by atoms with Crippen LogP contribution < -0.4 is 0 Å². The zero-order valence-electron chi connectivity index (χ0n) is 29.1. The summed E-state index contributed by atoms with van der Waals surface area (Å²) in [6, 6.07) is 61.9. The highest BCUT2D eigenvalue weighted by molar-refractivity contribution is 6.14. The molecule has 0 amide bonds. The molecule has 0 atom stereocenters. The molecule has 12 aromatic rings. The number of hydrogen-bond acceptors (Lipinski definition) is 2. The normalized spacial score (nSPS) is 12.1. The summed E-state index contributed by atoms with van der Waals surface area (Å²) >= 11 is 0. The molecule has 250 valence electrons. The Morgan fingerprint density at radius 2 is 0.741 bits per heavy atom. The highest BCUT2D eigenvalue weighted by atomic mass is 15.0. The number of fused-ring (bicyclic) bond motifs is 12. The van der Waals surface area contributed by atoms with E-state index in [2.05, 4.69) is 167 Å². The fourth-order valence-electron chi connectivity index (χ4n) is 8.86. The van der Waals surface area contributed by atoms with Gasteiger partial charge in [-0.25, -0.2) is 0 Å². The first-order valence-electron chi connectivity index (χ1n) is 18.4. The van der Waals surface area contributed by atoms with Gasteiger partial charge in [0.25, 0.3) is 0 Å². The van der Waals surface area contributed by atoms with Crippen LogP contribution >= 0.6 is 0 Å². The van der Waals surface area contributed by atoms with Crippen molar-refractivity contribution in [2.75, 3.05) is 0 Å². The standard InChI is InChI=1S/C50H30N4/c1-3-11-45-41(9-1)43-29-33(17-23-47(43)53(45)37-19-21-39-35(27-37)15-13-31-7-5-25-51-49(31)39)34-18-24-48-44(30-34)42-10-2-4-12-46(42)54(48)38-20-22-40-36(28-38)16-14-32-8-6-26-52-50(32)40/h1-30H. The summed E-state index contributed by atoms with van der Waals surface area (Å²) in [6.45, 7) is 0. The van der Waals surface area contributed by atoms with Crippen molar-refractivity contribution in [2.24, 2.45) is 0 Å². The van der Waals surface area contributed by atoms with E-state index in [1.807, 2.05) is 24.5 Å². The third-order valence-electron chi connectivity index (χ3n) is 11.3. The number of aromatic nitrogens is 4. The van der Waals surface area contributed by atoms with Crippen LogP contribution in [0.1, 0.15) is 0 Å². The fourth-order valence-corrected chi connectivity index (χ4v) is 8.86. The first-order valence-corrected chi connectivity index (χ1v) is 18.4. The monoisotopic (exact) mass is 686 g/mol. The minimum absolute atomic E-state index is 1.04.